The smallest absolute Gasteiger partial charge is 0.335 e. The third-order valence-corrected chi connectivity index (χ3v) is 10.6. The molecular formula is C37H40Cl2N4O4. The third-order valence-electron chi connectivity index (χ3n) is 9.54. The Hall–Kier alpha value is -4.01. The second-order valence-corrected chi connectivity index (χ2v) is 13.8. The molecule has 1 aliphatic heterocycles. The number of allylic oxidation sites excluding steroid dienone is 3. The summed E-state index contributed by atoms with van der Waals surface area (Å²) >= 11 is 13.5. The zero-order valence-corrected chi connectivity index (χ0v) is 29.1. The molecule has 6 rings (SSSR count). The second kappa shape index (κ2) is 12.9. The van der Waals surface area contributed by atoms with Crippen LogP contribution in [-0.4, -0.2) is 54.3 Å². The van der Waals surface area contributed by atoms with Gasteiger partial charge in [-0.05, 0) is 87.9 Å². The van der Waals surface area contributed by atoms with E-state index in [4.69, 9.17) is 27.9 Å². The molecule has 1 amide bonds. The van der Waals surface area contributed by atoms with Crippen molar-refractivity contribution in [3.05, 3.63) is 98.7 Å². The Labute approximate surface area is 285 Å². The summed E-state index contributed by atoms with van der Waals surface area (Å²) < 4.78 is 10.2. The van der Waals surface area contributed by atoms with Gasteiger partial charge in [-0.2, -0.15) is 5.10 Å². The van der Waals surface area contributed by atoms with E-state index in [0.29, 0.717) is 43.3 Å². The predicted octanol–water partition coefficient (Wildman–Crippen LogP) is 8.09. The summed E-state index contributed by atoms with van der Waals surface area (Å²) in [6.07, 6.45) is 5.38. The molecule has 2 aromatic heterocycles. The maximum absolute atomic E-state index is 14.6. The minimum absolute atomic E-state index is 0.0300. The van der Waals surface area contributed by atoms with E-state index in [1.54, 1.807) is 18.2 Å². The summed E-state index contributed by atoms with van der Waals surface area (Å²) in [5.74, 6) is -0.0734. The molecule has 3 heterocycles. The number of hydrogen-bond acceptors (Lipinski definition) is 4. The molecular weight excluding hydrogens is 635 g/mol. The normalized spacial score (nSPS) is 19.5. The molecule has 4 aromatic rings. The predicted molar refractivity (Wildman–Crippen MR) is 186 cm³/mol. The van der Waals surface area contributed by atoms with E-state index in [-0.39, 0.29) is 28.8 Å². The Morgan fingerprint density at radius 2 is 1.89 bits per heavy atom. The number of carbonyl (C=O) groups excluding carboxylic acids is 1. The van der Waals surface area contributed by atoms with Gasteiger partial charge in [0.05, 0.1) is 33.8 Å². The van der Waals surface area contributed by atoms with Gasteiger partial charge in [0, 0.05) is 48.4 Å². The molecule has 2 unspecified atom stereocenters. The molecule has 2 aromatic carbocycles. The van der Waals surface area contributed by atoms with Crippen LogP contribution in [0.5, 0.6) is 0 Å². The lowest BCUT2D eigenvalue weighted by Gasteiger charge is -2.35. The number of nitrogens with zero attached hydrogens (tertiary/aromatic N) is 4. The standard InChI is InChI=1S/C37H40Cl2N4O4/c1-20-15-27(16-21(2)33(20)39)47-14-8-11-28-29-12-13-30(38)32(31-23(4)40-41(6)24(31)5)34(29)43-18-22(3)42(36(44)35(28)43)19-25-9-7-10-26(17-25)37(45)46/h7,9-10,12-13,15-17,20,22,33H,8,11,14,18-19H2,1-6H3,(H,45,46)/t20?,22-,33?/m1/s1. The summed E-state index contributed by atoms with van der Waals surface area (Å²) in [6, 6.07) is 10.6. The number of benzene rings is 2. The Kier molecular flexibility index (Phi) is 9.02. The average molecular weight is 676 g/mol. The van der Waals surface area contributed by atoms with Crippen molar-refractivity contribution in [3.63, 3.8) is 0 Å². The van der Waals surface area contributed by atoms with Gasteiger partial charge in [0.2, 0.25) is 0 Å². The van der Waals surface area contributed by atoms with Crippen LogP contribution in [0.3, 0.4) is 0 Å². The zero-order chi connectivity index (χ0) is 33.7. The van der Waals surface area contributed by atoms with Crippen molar-refractivity contribution in [3.8, 4) is 11.1 Å². The summed E-state index contributed by atoms with van der Waals surface area (Å²) in [4.78, 5) is 28.1. The number of fused-ring (bicyclic) bond motifs is 3. The number of carboxylic acid groups (broad SMARTS) is 1. The Morgan fingerprint density at radius 3 is 2.57 bits per heavy atom. The first-order valence-corrected chi connectivity index (χ1v) is 16.8. The largest absolute Gasteiger partial charge is 0.494 e. The number of alkyl halides is 1. The fourth-order valence-electron chi connectivity index (χ4n) is 7.11. The second-order valence-electron chi connectivity index (χ2n) is 12.9. The van der Waals surface area contributed by atoms with Crippen molar-refractivity contribution in [1.29, 1.82) is 0 Å². The summed E-state index contributed by atoms with van der Waals surface area (Å²) in [7, 11) is 1.92. The van der Waals surface area contributed by atoms with Gasteiger partial charge in [0.15, 0.2) is 0 Å². The van der Waals surface area contributed by atoms with Crippen molar-refractivity contribution in [2.75, 3.05) is 6.61 Å². The molecule has 1 aliphatic carbocycles. The van der Waals surface area contributed by atoms with E-state index < -0.39 is 5.97 Å². The molecule has 10 heteroatoms. The van der Waals surface area contributed by atoms with Gasteiger partial charge < -0.3 is 19.3 Å². The highest BCUT2D eigenvalue weighted by molar-refractivity contribution is 6.35. The van der Waals surface area contributed by atoms with Crippen molar-refractivity contribution in [2.24, 2.45) is 13.0 Å². The van der Waals surface area contributed by atoms with E-state index in [9.17, 15) is 14.7 Å². The SMILES string of the molecule is CC1=CC(OCCCc2c3n(c4c(-c5c(C)nn(C)c5C)c(Cl)ccc24)C[C@@H](C)N(Cc2cccc(C(=O)O)c2)C3=O)=CC(C)C1Cl. The summed E-state index contributed by atoms with van der Waals surface area (Å²) in [6.45, 7) is 11.5. The van der Waals surface area contributed by atoms with Crippen LogP contribution in [0.15, 0.2) is 59.9 Å². The van der Waals surface area contributed by atoms with E-state index in [1.165, 1.54) is 0 Å². The van der Waals surface area contributed by atoms with Crippen molar-refractivity contribution >= 4 is 46.0 Å². The first-order valence-electron chi connectivity index (χ1n) is 16.0. The van der Waals surface area contributed by atoms with E-state index in [1.807, 2.05) is 68.6 Å². The van der Waals surface area contributed by atoms with Crippen LogP contribution in [0, 0.1) is 19.8 Å². The van der Waals surface area contributed by atoms with Crippen LogP contribution >= 0.6 is 23.2 Å². The molecule has 0 saturated heterocycles. The fourth-order valence-corrected chi connectivity index (χ4v) is 7.49. The van der Waals surface area contributed by atoms with E-state index >= 15 is 0 Å². The van der Waals surface area contributed by atoms with Crippen LogP contribution < -0.4 is 0 Å². The van der Waals surface area contributed by atoms with E-state index in [0.717, 1.165) is 55.9 Å². The minimum atomic E-state index is -0.994. The number of aromatic nitrogens is 3. The summed E-state index contributed by atoms with van der Waals surface area (Å²) in [5.41, 5.74) is 8.32. The number of hydrogen-bond donors (Lipinski definition) is 1. The van der Waals surface area contributed by atoms with Crippen molar-refractivity contribution < 1.29 is 19.4 Å². The first-order chi connectivity index (χ1) is 22.4. The van der Waals surface area contributed by atoms with Gasteiger partial charge in [0.25, 0.3) is 5.91 Å². The molecule has 0 saturated carbocycles. The monoisotopic (exact) mass is 674 g/mol. The van der Waals surface area contributed by atoms with Gasteiger partial charge in [-0.3, -0.25) is 9.48 Å². The summed E-state index contributed by atoms with van der Waals surface area (Å²) in [5, 5.41) is 15.8. The average Bonchev–Trinajstić information content (AvgIpc) is 3.47. The number of rotatable bonds is 9. The molecule has 1 N–H and O–H groups in total. The van der Waals surface area contributed by atoms with E-state index in [2.05, 4.69) is 22.7 Å². The number of halogens is 2. The van der Waals surface area contributed by atoms with Crippen LogP contribution in [-0.2, 0) is 31.3 Å². The Morgan fingerprint density at radius 1 is 1.13 bits per heavy atom. The maximum Gasteiger partial charge on any atom is 0.335 e. The Balaban J connectivity index is 1.42. The number of carbonyl (C=O) groups is 2. The number of aryl methyl sites for hydroxylation is 3. The topological polar surface area (TPSA) is 89.6 Å². The molecule has 0 bridgehead atoms. The molecule has 0 radical (unpaired) electrons. The molecule has 3 atom stereocenters. The van der Waals surface area contributed by atoms with Crippen LogP contribution in [0.25, 0.3) is 22.0 Å². The number of carboxylic acids is 1. The highest BCUT2D eigenvalue weighted by atomic mass is 35.5. The van der Waals surface area contributed by atoms with Gasteiger partial charge in [-0.25, -0.2) is 4.79 Å². The molecule has 0 spiro atoms. The molecule has 47 heavy (non-hydrogen) atoms. The molecule has 0 fully saturated rings. The van der Waals surface area contributed by atoms with Gasteiger partial charge >= 0.3 is 5.97 Å². The Bertz CT molecular complexity index is 1970. The lowest BCUT2D eigenvalue weighted by atomic mass is 9.95. The van der Waals surface area contributed by atoms with Gasteiger partial charge in [-0.15, -0.1) is 11.6 Å². The van der Waals surface area contributed by atoms with Crippen LogP contribution in [0.4, 0.5) is 0 Å². The number of ether oxygens (including phenoxy) is 1. The minimum Gasteiger partial charge on any atom is -0.494 e. The quantitative estimate of drug-likeness (QED) is 0.143. The van der Waals surface area contributed by atoms with Crippen molar-refractivity contribution in [2.45, 2.75) is 72.0 Å². The molecule has 2 aliphatic rings. The lowest BCUT2D eigenvalue weighted by molar-refractivity contribution is 0.0597. The molecule has 246 valence electrons. The van der Waals surface area contributed by atoms with Gasteiger partial charge in [-0.1, -0.05) is 42.3 Å². The number of amides is 1. The fraction of sp³-hybridized carbons (Fsp3) is 0.378. The third kappa shape index (κ3) is 5.98. The zero-order valence-electron chi connectivity index (χ0n) is 27.6. The highest BCUT2D eigenvalue weighted by Crippen LogP contribution is 2.43. The maximum atomic E-state index is 14.6. The molecule has 8 nitrogen and oxygen atoms in total. The highest BCUT2D eigenvalue weighted by Gasteiger charge is 2.36. The first kappa shape index (κ1) is 32.9. The van der Waals surface area contributed by atoms with Crippen molar-refractivity contribution in [1.82, 2.24) is 19.2 Å². The van der Waals surface area contributed by atoms with Crippen LogP contribution in [0.2, 0.25) is 5.02 Å². The van der Waals surface area contributed by atoms with Gasteiger partial charge in [0.1, 0.15) is 11.5 Å². The van der Waals surface area contributed by atoms with Crippen LogP contribution in [0.1, 0.15) is 70.6 Å². The lowest BCUT2D eigenvalue weighted by Crippen LogP contribution is -2.46. The number of aromatic carboxylic acids is 1.